The number of rotatable bonds is 3. The molecule has 6 heteroatoms. The molecule has 0 aliphatic carbocycles. The molecule has 1 aromatic carbocycles. The minimum Gasteiger partial charge on any atom is -0.312 e. The molecular weight excluding hydrogens is 291 g/mol. The fourth-order valence-electron chi connectivity index (χ4n) is 1.64. The summed E-state index contributed by atoms with van der Waals surface area (Å²) < 4.78 is 0. The number of benzene rings is 1. The van der Waals surface area contributed by atoms with E-state index < -0.39 is 0 Å². The van der Waals surface area contributed by atoms with Crippen molar-refractivity contribution in [1.82, 2.24) is 9.88 Å². The maximum Gasteiger partial charge on any atom is 0.305 e. The lowest BCUT2D eigenvalue weighted by atomic mass is 10.1. The van der Waals surface area contributed by atoms with E-state index in [2.05, 4.69) is 4.98 Å². The lowest BCUT2D eigenvalue weighted by Crippen LogP contribution is -2.10. The molecule has 0 unspecified atom stereocenters. The molecule has 0 spiro atoms. The molecule has 0 aliphatic heterocycles. The average molecular weight is 303 g/mol. The first-order chi connectivity index (χ1) is 8.47. The van der Waals surface area contributed by atoms with Gasteiger partial charge in [0.25, 0.3) is 0 Å². The highest BCUT2D eigenvalue weighted by molar-refractivity contribution is 7.09. The molecule has 1 N–H and O–H groups in total. The lowest BCUT2D eigenvalue weighted by molar-refractivity contribution is 0.406. The second kappa shape index (κ2) is 5.45. The SMILES string of the molecule is CN(C)Cc1sc(=O)[nH]c1-c1ccc(Cl)c(Cl)c1. The minimum absolute atomic E-state index is 0.0621. The summed E-state index contributed by atoms with van der Waals surface area (Å²) in [6, 6.07) is 5.35. The normalized spacial score (nSPS) is 11.2. The van der Waals surface area contributed by atoms with Crippen LogP contribution in [0.4, 0.5) is 0 Å². The van der Waals surface area contributed by atoms with Gasteiger partial charge in [0, 0.05) is 17.0 Å². The molecule has 0 radical (unpaired) electrons. The van der Waals surface area contributed by atoms with Gasteiger partial charge in [0.2, 0.25) is 0 Å². The number of H-pyrrole nitrogens is 1. The van der Waals surface area contributed by atoms with Crippen LogP contribution in [0.1, 0.15) is 4.88 Å². The van der Waals surface area contributed by atoms with E-state index >= 15 is 0 Å². The van der Waals surface area contributed by atoms with Gasteiger partial charge in [0.15, 0.2) is 0 Å². The van der Waals surface area contributed by atoms with Gasteiger partial charge in [-0.15, -0.1) is 0 Å². The van der Waals surface area contributed by atoms with Gasteiger partial charge in [0.05, 0.1) is 15.7 Å². The van der Waals surface area contributed by atoms with Crippen LogP contribution in [0.15, 0.2) is 23.0 Å². The van der Waals surface area contributed by atoms with E-state index in [4.69, 9.17) is 23.2 Å². The van der Waals surface area contributed by atoms with Gasteiger partial charge in [-0.05, 0) is 26.2 Å². The predicted octanol–water partition coefficient (Wildman–Crippen LogP) is 3.47. The summed E-state index contributed by atoms with van der Waals surface area (Å²) in [6.07, 6.45) is 0. The first-order valence-corrected chi connectivity index (χ1v) is 6.87. The number of thiazole rings is 1. The number of aromatic nitrogens is 1. The van der Waals surface area contributed by atoms with Crippen LogP contribution in [0.3, 0.4) is 0 Å². The van der Waals surface area contributed by atoms with Crippen molar-refractivity contribution < 1.29 is 0 Å². The average Bonchev–Trinajstić information content (AvgIpc) is 2.62. The Balaban J connectivity index is 2.49. The van der Waals surface area contributed by atoms with Gasteiger partial charge in [-0.1, -0.05) is 40.6 Å². The summed E-state index contributed by atoms with van der Waals surface area (Å²) in [5.74, 6) is 0. The molecule has 1 aromatic heterocycles. The molecule has 1 heterocycles. The van der Waals surface area contributed by atoms with Crippen LogP contribution < -0.4 is 4.87 Å². The van der Waals surface area contributed by atoms with Crippen molar-refractivity contribution in [3.8, 4) is 11.3 Å². The number of aromatic amines is 1. The molecule has 2 rings (SSSR count). The Labute approximate surface area is 119 Å². The molecule has 0 saturated carbocycles. The van der Waals surface area contributed by atoms with E-state index in [9.17, 15) is 4.79 Å². The van der Waals surface area contributed by atoms with Crippen LogP contribution in [0, 0.1) is 0 Å². The lowest BCUT2D eigenvalue weighted by Gasteiger charge is -2.09. The fourth-order valence-corrected chi connectivity index (χ4v) is 2.91. The Bertz CT molecular complexity index is 619. The van der Waals surface area contributed by atoms with Crippen LogP contribution >= 0.6 is 34.5 Å². The van der Waals surface area contributed by atoms with Crippen LogP contribution in [0.5, 0.6) is 0 Å². The van der Waals surface area contributed by atoms with Gasteiger partial charge >= 0.3 is 4.87 Å². The van der Waals surface area contributed by atoms with Crippen molar-refractivity contribution in [3.63, 3.8) is 0 Å². The predicted molar refractivity (Wildman–Crippen MR) is 77.8 cm³/mol. The molecular formula is C12H12Cl2N2OS. The summed E-state index contributed by atoms with van der Waals surface area (Å²) in [5.41, 5.74) is 1.69. The second-order valence-electron chi connectivity index (χ2n) is 4.18. The minimum atomic E-state index is -0.0621. The van der Waals surface area contributed by atoms with Gasteiger partial charge < -0.3 is 9.88 Å². The maximum absolute atomic E-state index is 11.5. The summed E-state index contributed by atoms with van der Waals surface area (Å²) in [6.45, 7) is 0.707. The Morgan fingerprint density at radius 1 is 1.28 bits per heavy atom. The maximum atomic E-state index is 11.5. The zero-order valence-corrected chi connectivity index (χ0v) is 12.3. The van der Waals surface area contributed by atoms with Gasteiger partial charge in [-0.2, -0.15) is 0 Å². The van der Waals surface area contributed by atoms with E-state index in [1.54, 1.807) is 12.1 Å². The van der Waals surface area contributed by atoms with Crippen molar-refractivity contribution in [2.24, 2.45) is 0 Å². The largest absolute Gasteiger partial charge is 0.312 e. The van der Waals surface area contributed by atoms with E-state index in [-0.39, 0.29) is 4.87 Å². The molecule has 0 amide bonds. The number of hydrogen-bond acceptors (Lipinski definition) is 3. The van der Waals surface area contributed by atoms with Gasteiger partial charge in [-0.3, -0.25) is 4.79 Å². The molecule has 2 aromatic rings. The van der Waals surface area contributed by atoms with E-state index in [0.717, 1.165) is 16.1 Å². The highest BCUT2D eigenvalue weighted by Crippen LogP contribution is 2.30. The van der Waals surface area contributed by atoms with Gasteiger partial charge in [0.1, 0.15) is 0 Å². The summed E-state index contributed by atoms with van der Waals surface area (Å²) in [4.78, 5) is 17.3. The zero-order chi connectivity index (χ0) is 13.3. The van der Waals surface area contributed by atoms with E-state index in [0.29, 0.717) is 16.6 Å². The summed E-state index contributed by atoms with van der Waals surface area (Å²) in [7, 11) is 3.92. The number of nitrogens with zero attached hydrogens (tertiary/aromatic N) is 1. The third-order valence-electron chi connectivity index (χ3n) is 2.39. The Hall–Kier alpha value is -0.810. The molecule has 18 heavy (non-hydrogen) atoms. The molecule has 0 atom stereocenters. The number of halogens is 2. The van der Waals surface area contributed by atoms with Crippen molar-refractivity contribution in [2.45, 2.75) is 6.54 Å². The first-order valence-electron chi connectivity index (χ1n) is 5.29. The molecule has 0 aliphatic rings. The Kier molecular flexibility index (Phi) is 4.12. The van der Waals surface area contributed by atoms with Crippen LogP contribution in [-0.4, -0.2) is 24.0 Å². The quantitative estimate of drug-likeness (QED) is 0.942. The number of hydrogen-bond donors (Lipinski definition) is 1. The van der Waals surface area contributed by atoms with Crippen LogP contribution in [0.25, 0.3) is 11.3 Å². The third-order valence-corrected chi connectivity index (χ3v) is 4.00. The Morgan fingerprint density at radius 3 is 2.61 bits per heavy atom. The molecule has 3 nitrogen and oxygen atoms in total. The van der Waals surface area contributed by atoms with Crippen molar-refractivity contribution >= 4 is 34.5 Å². The third kappa shape index (κ3) is 2.95. The summed E-state index contributed by atoms with van der Waals surface area (Å²) in [5, 5.41) is 0.990. The van der Waals surface area contributed by atoms with Crippen molar-refractivity contribution in [3.05, 3.63) is 42.8 Å². The highest BCUT2D eigenvalue weighted by Gasteiger charge is 2.12. The van der Waals surface area contributed by atoms with Crippen LogP contribution in [-0.2, 0) is 6.54 Å². The standard InChI is InChI=1S/C12H12Cl2N2OS/c1-16(2)6-10-11(15-12(17)18-10)7-3-4-8(13)9(14)5-7/h3-5H,6H2,1-2H3,(H,15,17). The smallest absolute Gasteiger partial charge is 0.305 e. The zero-order valence-electron chi connectivity index (χ0n) is 9.96. The summed E-state index contributed by atoms with van der Waals surface area (Å²) >= 11 is 13.1. The van der Waals surface area contributed by atoms with Crippen LogP contribution in [0.2, 0.25) is 10.0 Å². The highest BCUT2D eigenvalue weighted by atomic mass is 35.5. The van der Waals surface area contributed by atoms with Crippen molar-refractivity contribution in [1.29, 1.82) is 0 Å². The van der Waals surface area contributed by atoms with Gasteiger partial charge in [-0.25, -0.2) is 0 Å². The first kappa shape index (κ1) is 13.6. The van der Waals surface area contributed by atoms with Crippen molar-refractivity contribution in [2.75, 3.05) is 14.1 Å². The molecule has 96 valence electrons. The molecule has 0 bridgehead atoms. The fraction of sp³-hybridized carbons (Fsp3) is 0.250. The van der Waals surface area contributed by atoms with E-state index in [1.165, 1.54) is 11.3 Å². The number of nitrogens with one attached hydrogen (secondary N) is 1. The monoisotopic (exact) mass is 302 g/mol. The molecule has 0 fully saturated rings. The second-order valence-corrected chi connectivity index (χ2v) is 6.06. The topological polar surface area (TPSA) is 36.1 Å². The Morgan fingerprint density at radius 2 is 2.00 bits per heavy atom. The molecule has 0 saturated heterocycles. The van der Waals surface area contributed by atoms with E-state index in [1.807, 2.05) is 25.1 Å².